The smallest absolute Gasteiger partial charge is 0.297 e. The molecule has 1 rings (SSSR count). The average molecular weight is 197 g/mol. The number of aromatic nitrogens is 1. The van der Waals surface area contributed by atoms with Gasteiger partial charge in [0.25, 0.3) is 6.01 Å². The van der Waals surface area contributed by atoms with Crippen LogP contribution < -0.4 is 10.6 Å². The van der Waals surface area contributed by atoms with Crippen molar-refractivity contribution >= 4 is 6.01 Å². The van der Waals surface area contributed by atoms with Gasteiger partial charge in [-0.05, 0) is 6.42 Å². The Bertz CT molecular complexity index is 260. The number of unbranched alkanes of at least 4 members (excludes halogenated alkanes) is 2. The van der Waals surface area contributed by atoms with Gasteiger partial charge in [-0.2, -0.15) is 4.98 Å². The monoisotopic (exact) mass is 197 g/mol. The summed E-state index contributed by atoms with van der Waals surface area (Å²) < 4.78 is 5.28. The van der Waals surface area contributed by atoms with Crippen LogP contribution in [0.5, 0.6) is 0 Å². The molecule has 0 unspecified atom stereocenters. The lowest BCUT2D eigenvalue weighted by atomic mass is 10.2. The third-order valence-electron chi connectivity index (χ3n) is 2.17. The highest BCUT2D eigenvalue weighted by molar-refractivity contribution is 5.24. The lowest BCUT2D eigenvalue weighted by molar-refractivity contribution is 0.538. The maximum Gasteiger partial charge on any atom is 0.297 e. The minimum atomic E-state index is 0.437. The van der Waals surface area contributed by atoms with Gasteiger partial charge < -0.3 is 15.1 Å². The molecule has 0 aromatic carbocycles. The third-order valence-corrected chi connectivity index (χ3v) is 2.17. The van der Waals surface area contributed by atoms with E-state index in [4.69, 9.17) is 10.2 Å². The SMILES string of the molecule is CCCCCN(C)c1nc(CN)co1. The molecule has 0 saturated heterocycles. The number of oxazole rings is 1. The molecule has 0 aliphatic carbocycles. The molecular formula is C10H19N3O. The molecule has 0 radical (unpaired) electrons. The molecule has 0 aliphatic heterocycles. The Hall–Kier alpha value is -1.03. The van der Waals surface area contributed by atoms with Crippen molar-refractivity contribution in [3.8, 4) is 0 Å². The van der Waals surface area contributed by atoms with Crippen molar-refractivity contribution in [1.82, 2.24) is 4.98 Å². The lowest BCUT2D eigenvalue weighted by Gasteiger charge is -2.13. The minimum absolute atomic E-state index is 0.437. The summed E-state index contributed by atoms with van der Waals surface area (Å²) in [5.41, 5.74) is 6.25. The second kappa shape index (κ2) is 5.65. The molecule has 0 bridgehead atoms. The topological polar surface area (TPSA) is 55.3 Å². The number of hydrogen-bond donors (Lipinski definition) is 1. The van der Waals surface area contributed by atoms with Crippen LogP contribution in [-0.2, 0) is 6.54 Å². The van der Waals surface area contributed by atoms with E-state index in [0.717, 1.165) is 12.2 Å². The van der Waals surface area contributed by atoms with Crippen molar-refractivity contribution in [2.75, 3.05) is 18.5 Å². The summed E-state index contributed by atoms with van der Waals surface area (Å²) in [6.07, 6.45) is 5.27. The van der Waals surface area contributed by atoms with Gasteiger partial charge in [-0.25, -0.2) is 0 Å². The Labute approximate surface area is 85.1 Å². The Balaban J connectivity index is 2.39. The van der Waals surface area contributed by atoms with Crippen LogP contribution >= 0.6 is 0 Å². The molecule has 1 aromatic heterocycles. The number of hydrogen-bond acceptors (Lipinski definition) is 4. The summed E-state index contributed by atoms with van der Waals surface area (Å²) in [5, 5.41) is 0. The van der Waals surface area contributed by atoms with Crippen LogP contribution in [0, 0.1) is 0 Å². The van der Waals surface area contributed by atoms with E-state index in [1.165, 1.54) is 19.3 Å². The van der Waals surface area contributed by atoms with Crippen molar-refractivity contribution in [2.24, 2.45) is 5.73 Å². The van der Waals surface area contributed by atoms with Gasteiger partial charge in [0.2, 0.25) is 0 Å². The first-order valence-electron chi connectivity index (χ1n) is 5.13. The van der Waals surface area contributed by atoms with Gasteiger partial charge in [0.1, 0.15) is 6.26 Å². The zero-order chi connectivity index (χ0) is 10.4. The highest BCUT2D eigenvalue weighted by atomic mass is 16.4. The molecule has 2 N–H and O–H groups in total. The van der Waals surface area contributed by atoms with Gasteiger partial charge in [0.15, 0.2) is 0 Å². The summed E-state index contributed by atoms with van der Waals surface area (Å²) in [4.78, 5) is 6.26. The lowest BCUT2D eigenvalue weighted by Crippen LogP contribution is -2.18. The first-order chi connectivity index (χ1) is 6.77. The Kier molecular flexibility index (Phi) is 4.46. The highest BCUT2D eigenvalue weighted by Gasteiger charge is 2.07. The molecule has 0 aliphatic rings. The van der Waals surface area contributed by atoms with E-state index in [9.17, 15) is 0 Å². The van der Waals surface area contributed by atoms with Gasteiger partial charge >= 0.3 is 0 Å². The number of rotatable bonds is 6. The van der Waals surface area contributed by atoms with E-state index < -0.39 is 0 Å². The molecule has 0 atom stereocenters. The maximum atomic E-state index is 5.44. The van der Waals surface area contributed by atoms with Crippen molar-refractivity contribution < 1.29 is 4.42 Å². The van der Waals surface area contributed by atoms with Crippen LogP contribution in [0.3, 0.4) is 0 Å². The van der Waals surface area contributed by atoms with Gasteiger partial charge in [0, 0.05) is 20.1 Å². The fourth-order valence-electron chi connectivity index (χ4n) is 1.26. The quantitative estimate of drug-likeness (QED) is 0.706. The van der Waals surface area contributed by atoms with E-state index in [0.29, 0.717) is 12.6 Å². The summed E-state index contributed by atoms with van der Waals surface area (Å²) >= 11 is 0. The van der Waals surface area contributed by atoms with Crippen LogP contribution in [0.25, 0.3) is 0 Å². The van der Waals surface area contributed by atoms with Crippen LogP contribution in [0.4, 0.5) is 6.01 Å². The maximum absolute atomic E-state index is 5.44. The Morgan fingerprint density at radius 1 is 1.50 bits per heavy atom. The minimum Gasteiger partial charge on any atom is -0.432 e. The third kappa shape index (κ3) is 3.03. The van der Waals surface area contributed by atoms with Crippen LogP contribution in [0.15, 0.2) is 10.7 Å². The van der Waals surface area contributed by atoms with Crippen LogP contribution in [0.2, 0.25) is 0 Å². The standard InChI is InChI=1S/C10H19N3O/c1-3-4-5-6-13(2)10-12-9(7-11)8-14-10/h8H,3-7,11H2,1-2H3. The fraction of sp³-hybridized carbons (Fsp3) is 0.700. The Morgan fingerprint density at radius 3 is 2.86 bits per heavy atom. The highest BCUT2D eigenvalue weighted by Crippen LogP contribution is 2.12. The molecule has 4 heteroatoms. The summed E-state index contributed by atoms with van der Waals surface area (Å²) in [6, 6.07) is 0.668. The number of nitrogens with two attached hydrogens (primary N) is 1. The molecule has 1 aromatic rings. The van der Waals surface area contributed by atoms with Crippen molar-refractivity contribution in [3.05, 3.63) is 12.0 Å². The molecule has 80 valence electrons. The molecular weight excluding hydrogens is 178 g/mol. The molecule has 0 saturated carbocycles. The van der Waals surface area contributed by atoms with Gasteiger partial charge in [-0.15, -0.1) is 0 Å². The zero-order valence-electron chi connectivity index (χ0n) is 8.99. The largest absolute Gasteiger partial charge is 0.432 e. The molecule has 1 heterocycles. The van der Waals surface area contributed by atoms with E-state index in [2.05, 4.69) is 11.9 Å². The van der Waals surface area contributed by atoms with Crippen LogP contribution in [-0.4, -0.2) is 18.6 Å². The first kappa shape index (κ1) is 11.0. The van der Waals surface area contributed by atoms with Crippen molar-refractivity contribution in [2.45, 2.75) is 32.7 Å². The molecule has 14 heavy (non-hydrogen) atoms. The van der Waals surface area contributed by atoms with Crippen molar-refractivity contribution in [3.63, 3.8) is 0 Å². The number of anilines is 1. The van der Waals surface area contributed by atoms with Crippen LogP contribution in [0.1, 0.15) is 31.9 Å². The van der Waals surface area contributed by atoms with Gasteiger partial charge in [-0.1, -0.05) is 19.8 Å². The molecule has 0 fully saturated rings. The first-order valence-corrected chi connectivity index (χ1v) is 5.13. The van der Waals surface area contributed by atoms with Gasteiger partial charge in [-0.3, -0.25) is 0 Å². The zero-order valence-corrected chi connectivity index (χ0v) is 8.99. The normalized spacial score (nSPS) is 10.5. The predicted octanol–water partition coefficient (Wildman–Crippen LogP) is 1.76. The second-order valence-electron chi connectivity index (χ2n) is 3.45. The van der Waals surface area contributed by atoms with E-state index >= 15 is 0 Å². The molecule has 0 spiro atoms. The van der Waals surface area contributed by atoms with E-state index in [1.807, 2.05) is 11.9 Å². The fourth-order valence-corrected chi connectivity index (χ4v) is 1.26. The molecule has 0 amide bonds. The second-order valence-corrected chi connectivity index (χ2v) is 3.45. The molecule has 4 nitrogen and oxygen atoms in total. The van der Waals surface area contributed by atoms with Gasteiger partial charge in [0.05, 0.1) is 5.69 Å². The summed E-state index contributed by atoms with van der Waals surface area (Å²) in [5.74, 6) is 0. The average Bonchev–Trinajstić information content (AvgIpc) is 2.66. The van der Waals surface area contributed by atoms with E-state index in [1.54, 1.807) is 6.26 Å². The number of nitrogens with zero attached hydrogens (tertiary/aromatic N) is 2. The van der Waals surface area contributed by atoms with E-state index in [-0.39, 0.29) is 0 Å². The Morgan fingerprint density at radius 2 is 2.29 bits per heavy atom. The predicted molar refractivity (Wildman–Crippen MR) is 57.2 cm³/mol. The summed E-state index contributed by atoms with van der Waals surface area (Å²) in [7, 11) is 1.99. The van der Waals surface area contributed by atoms with Crippen molar-refractivity contribution in [1.29, 1.82) is 0 Å². The summed E-state index contributed by atoms with van der Waals surface area (Å²) in [6.45, 7) is 3.61.